The van der Waals surface area contributed by atoms with Gasteiger partial charge < -0.3 is 5.32 Å². The highest BCUT2D eigenvalue weighted by Crippen LogP contribution is 2.21. The number of non-ortho nitro benzene ring substituents is 1. The molecule has 0 saturated carbocycles. The van der Waals surface area contributed by atoms with E-state index < -0.39 is 4.92 Å². The number of nitro groups is 1. The number of rotatable bonds is 6. The number of benzene rings is 3. The van der Waals surface area contributed by atoms with Crippen molar-refractivity contribution < 1.29 is 14.1 Å². The monoisotopic (exact) mass is 376 g/mol. The van der Waals surface area contributed by atoms with Gasteiger partial charge in [-0.25, -0.2) is 4.39 Å². The third kappa shape index (κ3) is 4.88. The molecule has 0 aliphatic heterocycles. The van der Waals surface area contributed by atoms with E-state index in [-0.39, 0.29) is 24.0 Å². The third-order valence-corrected chi connectivity index (χ3v) is 4.09. The number of nitrogens with zero attached hydrogens (tertiary/aromatic N) is 1. The minimum Gasteiger partial charge on any atom is -0.348 e. The molecule has 0 spiro atoms. The average Bonchev–Trinajstić information content (AvgIpc) is 2.72. The molecule has 1 amide bonds. The van der Waals surface area contributed by atoms with Crippen LogP contribution in [-0.4, -0.2) is 10.8 Å². The van der Waals surface area contributed by atoms with Crippen molar-refractivity contribution in [2.75, 3.05) is 0 Å². The molecule has 0 radical (unpaired) electrons. The van der Waals surface area contributed by atoms with Crippen LogP contribution < -0.4 is 5.32 Å². The molecule has 0 atom stereocenters. The molecular formula is C22H17FN2O3. The van der Waals surface area contributed by atoms with Crippen LogP contribution in [0.5, 0.6) is 0 Å². The summed E-state index contributed by atoms with van der Waals surface area (Å²) in [6.07, 6.45) is 1.61. The number of nitro benzene ring substituents is 1. The largest absolute Gasteiger partial charge is 0.348 e. The van der Waals surface area contributed by atoms with Crippen LogP contribution in [0.2, 0.25) is 0 Å². The smallest absolute Gasteiger partial charge is 0.270 e. The number of amides is 1. The van der Waals surface area contributed by atoms with E-state index in [1.54, 1.807) is 42.5 Å². The molecule has 0 aliphatic rings. The van der Waals surface area contributed by atoms with Crippen molar-refractivity contribution >= 4 is 23.2 Å². The Morgan fingerprint density at radius 2 is 1.71 bits per heavy atom. The fourth-order valence-electron chi connectivity index (χ4n) is 2.67. The summed E-state index contributed by atoms with van der Waals surface area (Å²) in [5, 5.41) is 13.8. The minimum atomic E-state index is -0.478. The van der Waals surface area contributed by atoms with E-state index in [4.69, 9.17) is 0 Å². The third-order valence-electron chi connectivity index (χ3n) is 4.09. The van der Waals surface area contributed by atoms with Gasteiger partial charge in [-0.15, -0.1) is 0 Å². The van der Waals surface area contributed by atoms with E-state index in [0.717, 1.165) is 5.56 Å². The van der Waals surface area contributed by atoms with Crippen LogP contribution in [0, 0.1) is 15.9 Å². The summed E-state index contributed by atoms with van der Waals surface area (Å²) in [5.41, 5.74) is 2.32. The van der Waals surface area contributed by atoms with E-state index in [1.165, 1.54) is 24.3 Å². The second kappa shape index (κ2) is 8.73. The van der Waals surface area contributed by atoms with Crippen molar-refractivity contribution in [3.05, 3.63) is 111 Å². The fraction of sp³-hybridized carbons (Fsp3) is 0.0455. The Balaban J connectivity index is 1.88. The van der Waals surface area contributed by atoms with Gasteiger partial charge in [0.2, 0.25) is 0 Å². The Labute approximate surface area is 161 Å². The molecule has 1 N–H and O–H groups in total. The van der Waals surface area contributed by atoms with Crippen LogP contribution in [0.4, 0.5) is 10.1 Å². The number of nitrogens with one attached hydrogen (secondary N) is 1. The maximum absolute atomic E-state index is 13.0. The summed E-state index contributed by atoms with van der Waals surface area (Å²) >= 11 is 0. The van der Waals surface area contributed by atoms with Crippen molar-refractivity contribution in [1.29, 1.82) is 0 Å². The Hall–Kier alpha value is -3.80. The van der Waals surface area contributed by atoms with Crippen LogP contribution in [0.1, 0.15) is 16.7 Å². The average molecular weight is 376 g/mol. The van der Waals surface area contributed by atoms with Gasteiger partial charge in [0.1, 0.15) is 5.82 Å². The molecule has 0 aliphatic carbocycles. The highest BCUT2D eigenvalue weighted by molar-refractivity contribution is 6.24. The molecule has 28 heavy (non-hydrogen) atoms. The molecule has 3 aromatic carbocycles. The molecule has 0 heterocycles. The first-order valence-corrected chi connectivity index (χ1v) is 8.57. The lowest BCUT2D eigenvalue weighted by atomic mass is 10.0. The standard InChI is InChI=1S/C22H17FN2O3/c23-19-11-9-16(10-12-19)15-24-22(26)21(18-6-2-1-3-7-18)14-17-5-4-8-20(13-17)25(27)28/h1-14H,15H2,(H,24,26)/b21-14+. The normalized spacial score (nSPS) is 11.1. The summed E-state index contributed by atoms with van der Waals surface area (Å²) in [5.74, 6) is -0.673. The van der Waals surface area contributed by atoms with E-state index in [2.05, 4.69) is 5.32 Å². The van der Waals surface area contributed by atoms with Gasteiger partial charge in [-0.1, -0.05) is 54.6 Å². The summed E-state index contributed by atoms with van der Waals surface area (Å²) in [4.78, 5) is 23.3. The molecule has 0 unspecified atom stereocenters. The van der Waals surface area contributed by atoms with Gasteiger partial charge in [0.25, 0.3) is 11.6 Å². The lowest BCUT2D eigenvalue weighted by molar-refractivity contribution is -0.384. The number of halogens is 1. The van der Waals surface area contributed by atoms with Crippen LogP contribution in [0.25, 0.3) is 11.6 Å². The predicted molar refractivity (Wildman–Crippen MR) is 106 cm³/mol. The lowest BCUT2D eigenvalue weighted by Gasteiger charge is -2.10. The van der Waals surface area contributed by atoms with E-state index in [1.807, 2.05) is 18.2 Å². The zero-order chi connectivity index (χ0) is 19.9. The summed E-state index contributed by atoms with van der Waals surface area (Å²) in [6.45, 7) is 0.234. The quantitative estimate of drug-likeness (QED) is 0.296. The first-order valence-electron chi connectivity index (χ1n) is 8.57. The van der Waals surface area contributed by atoms with Crippen molar-refractivity contribution in [3.63, 3.8) is 0 Å². The van der Waals surface area contributed by atoms with Crippen LogP contribution in [-0.2, 0) is 11.3 Å². The second-order valence-electron chi connectivity index (χ2n) is 6.09. The fourth-order valence-corrected chi connectivity index (χ4v) is 2.67. The molecule has 3 rings (SSSR count). The predicted octanol–water partition coefficient (Wildman–Crippen LogP) is 4.59. The molecule has 6 heteroatoms. The SMILES string of the molecule is O=C(NCc1ccc(F)cc1)/C(=C/c1cccc([N+](=O)[O-])c1)c1ccccc1. The van der Waals surface area contributed by atoms with E-state index in [9.17, 15) is 19.3 Å². The second-order valence-corrected chi connectivity index (χ2v) is 6.09. The maximum atomic E-state index is 13.0. The summed E-state index contributed by atoms with van der Waals surface area (Å²) < 4.78 is 13.0. The van der Waals surface area contributed by atoms with Crippen molar-refractivity contribution in [2.45, 2.75) is 6.54 Å². The lowest BCUT2D eigenvalue weighted by Crippen LogP contribution is -2.23. The zero-order valence-corrected chi connectivity index (χ0v) is 14.8. The Bertz CT molecular complexity index is 1020. The topological polar surface area (TPSA) is 72.2 Å². The molecule has 0 aromatic heterocycles. The molecule has 0 bridgehead atoms. The maximum Gasteiger partial charge on any atom is 0.270 e. The van der Waals surface area contributed by atoms with Crippen LogP contribution >= 0.6 is 0 Å². The Morgan fingerprint density at radius 1 is 1.00 bits per heavy atom. The zero-order valence-electron chi connectivity index (χ0n) is 14.8. The minimum absolute atomic E-state index is 0.0483. The highest BCUT2D eigenvalue weighted by atomic mass is 19.1. The molecule has 140 valence electrons. The van der Waals surface area contributed by atoms with Gasteiger partial charge in [0, 0.05) is 24.3 Å². The number of hydrogen-bond acceptors (Lipinski definition) is 3. The van der Waals surface area contributed by atoms with E-state index >= 15 is 0 Å². The van der Waals surface area contributed by atoms with Gasteiger partial charge in [0.15, 0.2) is 0 Å². The highest BCUT2D eigenvalue weighted by Gasteiger charge is 2.13. The van der Waals surface area contributed by atoms with Gasteiger partial charge in [0.05, 0.1) is 4.92 Å². The van der Waals surface area contributed by atoms with Gasteiger partial charge in [-0.05, 0) is 34.9 Å². The first-order chi connectivity index (χ1) is 13.5. The van der Waals surface area contributed by atoms with Gasteiger partial charge >= 0.3 is 0 Å². The molecule has 0 fully saturated rings. The molecule has 0 saturated heterocycles. The summed E-state index contributed by atoms with van der Waals surface area (Å²) in [7, 11) is 0. The molecule has 5 nitrogen and oxygen atoms in total. The van der Waals surface area contributed by atoms with Crippen molar-refractivity contribution in [2.24, 2.45) is 0 Å². The van der Waals surface area contributed by atoms with E-state index in [0.29, 0.717) is 16.7 Å². The Morgan fingerprint density at radius 3 is 2.39 bits per heavy atom. The molecular weight excluding hydrogens is 359 g/mol. The number of carbonyl (C=O) groups excluding carboxylic acids is 1. The molecule has 3 aromatic rings. The van der Waals surface area contributed by atoms with Gasteiger partial charge in [-0.2, -0.15) is 0 Å². The first kappa shape index (κ1) is 19.0. The Kier molecular flexibility index (Phi) is 5.91. The van der Waals surface area contributed by atoms with Crippen molar-refractivity contribution in [3.8, 4) is 0 Å². The van der Waals surface area contributed by atoms with Crippen LogP contribution in [0.3, 0.4) is 0 Å². The van der Waals surface area contributed by atoms with Gasteiger partial charge in [-0.3, -0.25) is 14.9 Å². The number of hydrogen-bond donors (Lipinski definition) is 1. The van der Waals surface area contributed by atoms with Crippen LogP contribution in [0.15, 0.2) is 78.9 Å². The number of carbonyl (C=O) groups is 1. The summed E-state index contributed by atoms with van der Waals surface area (Å²) in [6, 6.07) is 21.0. The van der Waals surface area contributed by atoms with Crippen molar-refractivity contribution in [1.82, 2.24) is 5.32 Å².